The van der Waals surface area contributed by atoms with Crippen LogP contribution in [0.5, 0.6) is 0 Å². The van der Waals surface area contributed by atoms with E-state index in [1.807, 2.05) is 0 Å². The first-order chi connectivity index (χ1) is 10.1. The lowest BCUT2D eigenvalue weighted by Crippen LogP contribution is -2.53. The van der Waals surface area contributed by atoms with E-state index in [4.69, 9.17) is 5.11 Å². The van der Waals surface area contributed by atoms with Crippen LogP contribution >= 0.6 is 0 Å². The molecule has 2 atom stereocenters. The summed E-state index contributed by atoms with van der Waals surface area (Å²) in [7, 11) is 0. The summed E-state index contributed by atoms with van der Waals surface area (Å²) in [5.41, 5.74) is 2.47. The first-order valence-electron chi connectivity index (χ1n) is 9.04. The normalized spacial score (nSPS) is 33.0. The highest BCUT2D eigenvalue weighted by atomic mass is 16.4. The van der Waals surface area contributed by atoms with Crippen LogP contribution in [0.1, 0.15) is 86.0 Å². The number of hydrogen-bond acceptors (Lipinski definition) is 1. The van der Waals surface area contributed by atoms with Gasteiger partial charge in [0, 0.05) is 6.42 Å². The van der Waals surface area contributed by atoms with Crippen LogP contribution in [0, 0.1) is 22.2 Å². The summed E-state index contributed by atoms with van der Waals surface area (Å²) in [6, 6.07) is 0. The van der Waals surface area contributed by atoms with Gasteiger partial charge in [0.25, 0.3) is 0 Å². The molecule has 0 amide bonds. The van der Waals surface area contributed by atoms with Gasteiger partial charge in [0.2, 0.25) is 0 Å². The summed E-state index contributed by atoms with van der Waals surface area (Å²) in [5, 5.41) is 8.88. The Labute approximate surface area is 136 Å². The Hall–Kier alpha value is -0.790. The Morgan fingerprint density at radius 1 is 1.23 bits per heavy atom. The highest BCUT2D eigenvalue weighted by Gasteiger charge is 2.57. The predicted molar refractivity (Wildman–Crippen MR) is 91.8 cm³/mol. The zero-order valence-corrected chi connectivity index (χ0v) is 15.2. The molecular weight excluding hydrogens is 272 g/mol. The van der Waals surface area contributed by atoms with E-state index in [0.717, 1.165) is 25.2 Å². The largest absolute Gasteiger partial charge is 0.481 e. The maximum atomic E-state index is 10.8. The van der Waals surface area contributed by atoms with Crippen LogP contribution < -0.4 is 0 Å². The monoisotopic (exact) mass is 306 g/mol. The van der Waals surface area contributed by atoms with Crippen molar-refractivity contribution in [3.8, 4) is 0 Å². The highest BCUT2D eigenvalue weighted by Crippen LogP contribution is 2.66. The fourth-order valence-electron chi connectivity index (χ4n) is 5.02. The number of carboxylic acid groups (broad SMARTS) is 1. The molecule has 2 unspecified atom stereocenters. The van der Waals surface area contributed by atoms with Crippen molar-refractivity contribution in [1.82, 2.24) is 0 Å². The summed E-state index contributed by atoms with van der Waals surface area (Å²) in [4.78, 5) is 10.8. The molecule has 0 bridgehead atoms. The molecule has 2 aliphatic carbocycles. The molecule has 0 spiro atoms. The van der Waals surface area contributed by atoms with Crippen molar-refractivity contribution in [2.24, 2.45) is 22.2 Å². The third-order valence-corrected chi connectivity index (χ3v) is 7.34. The summed E-state index contributed by atoms with van der Waals surface area (Å²) >= 11 is 0. The Bertz CT molecular complexity index is 458. The van der Waals surface area contributed by atoms with E-state index < -0.39 is 5.97 Å². The second-order valence-electron chi connectivity index (χ2n) is 8.93. The number of carboxylic acids is 1. The van der Waals surface area contributed by atoms with Crippen molar-refractivity contribution < 1.29 is 9.90 Å². The molecule has 1 fully saturated rings. The summed E-state index contributed by atoms with van der Waals surface area (Å²) < 4.78 is 0. The highest BCUT2D eigenvalue weighted by molar-refractivity contribution is 5.66. The number of unbranched alkanes of at least 4 members (excludes halogenated alkanes) is 1. The van der Waals surface area contributed by atoms with Crippen molar-refractivity contribution in [3.63, 3.8) is 0 Å². The molecule has 0 aromatic rings. The Balaban J connectivity index is 2.25. The van der Waals surface area contributed by atoms with Gasteiger partial charge in [-0.1, -0.05) is 52.7 Å². The van der Waals surface area contributed by atoms with Gasteiger partial charge in [-0.2, -0.15) is 0 Å². The van der Waals surface area contributed by atoms with Gasteiger partial charge in [-0.3, -0.25) is 4.79 Å². The third-order valence-electron chi connectivity index (χ3n) is 7.34. The lowest BCUT2D eigenvalue weighted by molar-refractivity contribution is -0.137. The lowest BCUT2D eigenvalue weighted by atomic mass is 9.42. The molecule has 2 rings (SSSR count). The molecule has 0 aromatic heterocycles. The number of carbonyl (C=O) groups is 1. The van der Waals surface area contributed by atoms with E-state index in [1.54, 1.807) is 5.57 Å². The number of allylic oxidation sites excluding steroid dienone is 2. The topological polar surface area (TPSA) is 37.3 Å². The zero-order valence-electron chi connectivity index (χ0n) is 15.2. The third kappa shape index (κ3) is 2.86. The first kappa shape index (κ1) is 17.6. The van der Waals surface area contributed by atoms with Crippen LogP contribution in [0.3, 0.4) is 0 Å². The SMILES string of the molecule is CC1(C)CC2CCCC=C2C(C)(CCCCC(=O)O)C1(C)C. The Morgan fingerprint density at radius 3 is 2.55 bits per heavy atom. The molecule has 0 saturated heterocycles. The smallest absolute Gasteiger partial charge is 0.303 e. The fourth-order valence-corrected chi connectivity index (χ4v) is 5.02. The van der Waals surface area contributed by atoms with Crippen molar-refractivity contribution in [1.29, 1.82) is 0 Å². The zero-order chi connectivity index (χ0) is 16.6. The summed E-state index contributed by atoms with van der Waals surface area (Å²) in [6.45, 7) is 12.2. The van der Waals surface area contributed by atoms with Gasteiger partial charge in [-0.05, 0) is 60.7 Å². The second kappa shape index (κ2) is 6.02. The molecule has 2 aliphatic rings. The molecule has 0 aliphatic heterocycles. The van der Waals surface area contributed by atoms with Gasteiger partial charge in [0.15, 0.2) is 0 Å². The van der Waals surface area contributed by atoms with Gasteiger partial charge >= 0.3 is 5.97 Å². The second-order valence-corrected chi connectivity index (χ2v) is 8.93. The minimum Gasteiger partial charge on any atom is -0.481 e. The van der Waals surface area contributed by atoms with Crippen molar-refractivity contribution >= 4 is 5.97 Å². The summed E-state index contributed by atoms with van der Waals surface area (Å²) in [6.07, 6.45) is 11.0. The molecule has 2 heteroatoms. The maximum Gasteiger partial charge on any atom is 0.303 e. The minimum absolute atomic E-state index is 0.207. The lowest BCUT2D eigenvalue weighted by Gasteiger charge is -2.62. The van der Waals surface area contributed by atoms with Crippen LogP contribution in [-0.4, -0.2) is 11.1 Å². The van der Waals surface area contributed by atoms with Gasteiger partial charge in [0.05, 0.1) is 0 Å². The number of hydrogen-bond donors (Lipinski definition) is 1. The fraction of sp³-hybridized carbons (Fsp3) is 0.850. The molecule has 0 aromatic carbocycles. The number of fused-ring (bicyclic) bond motifs is 1. The van der Waals surface area contributed by atoms with E-state index in [-0.39, 0.29) is 10.8 Å². The van der Waals surface area contributed by atoms with Crippen LogP contribution in [-0.2, 0) is 4.79 Å². The van der Waals surface area contributed by atoms with E-state index >= 15 is 0 Å². The molecule has 0 radical (unpaired) electrons. The maximum absolute atomic E-state index is 10.8. The molecule has 22 heavy (non-hydrogen) atoms. The van der Waals surface area contributed by atoms with Crippen LogP contribution in [0.4, 0.5) is 0 Å². The van der Waals surface area contributed by atoms with Gasteiger partial charge < -0.3 is 5.11 Å². The standard InChI is InChI=1S/C20H34O2/c1-18(2)14-15-10-6-7-11-16(15)20(5,19(18,3)4)13-9-8-12-17(21)22/h11,15H,6-10,12-14H2,1-5H3,(H,21,22). The van der Waals surface area contributed by atoms with Gasteiger partial charge in [-0.15, -0.1) is 0 Å². The minimum atomic E-state index is -0.664. The average Bonchev–Trinajstić information content (AvgIpc) is 2.41. The quantitative estimate of drug-likeness (QED) is 0.513. The van der Waals surface area contributed by atoms with Crippen molar-refractivity contribution in [3.05, 3.63) is 11.6 Å². The molecular formula is C20H34O2. The molecule has 1 saturated carbocycles. The van der Waals surface area contributed by atoms with Gasteiger partial charge in [-0.25, -0.2) is 0 Å². The molecule has 0 heterocycles. The van der Waals surface area contributed by atoms with E-state index in [1.165, 1.54) is 25.7 Å². The van der Waals surface area contributed by atoms with Crippen molar-refractivity contribution in [2.45, 2.75) is 86.0 Å². The van der Waals surface area contributed by atoms with Crippen LogP contribution in [0.15, 0.2) is 11.6 Å². The predicted octanol–water partition coefficient (Wildman–Crippen LogP) is 5.82. The Kier molecular flexibility index (Phi) is 4.80. The van der Waals surface area contributed by atoms with Crippen LogP contribution in [0.25, 0.3) is 0 Å². The molecule has 1 N–H and O–H groups in total. The van der Waals surface area contributed by atoms with Crippen LogP contribution in [0.2, 0.25) is 0 Å². The van der Waals surface area contributed by atoms with E-state index in [2.05, 4.69) is 40.7 Å². The van der Waals surface area contributed by atoms with E-state index in [0.29, 0.717) is 11.8 Å². The average molecular weight is 306 g/mol. The molecule has 2 nitrogen and oxygen atoms in total. The first-order valence-corrected chi connectivity index (χ1v) is 9.04. The van der Waals surface area contributed by atoms with E-state index in [9.17, 15) is 4.79 Å². The summed E-state index contributed by atoms with van der Waals surface area (Å²) in [5.74, 6) is 0.0874. The number of aliphatic carboxylic acids is 1. The van der Waals surface area contributed by atoms with Gasteiger partial charge in [0.1, 0.15) is 0 Å². The number of rotatable bonds is 5. The molecule has 126 valence electrons. The van der Waals surface area contributed by atoms with Crippen molar-refractivity contribution in [2.75, 3.05) is 0 Å². The Morgan fingerprint density at radius 2 is 1.91 bits per heavy atom.